The maximum atomic E-state index is 12.4. The van der Waals surface area contributed by atoms with Crippen LogP contribution < -0.4 is 4.74 Å². The van der Waals surface area contributed by atoms with Crippen LogP contribution >= 0.6 is 0 Å². The van der Waals surface area contributed by atoms with E-state index < -0.39 is 5.60 Å². The smallest absolute Gasteiger partial charge is 0.410 e. The number of likely N-dealkylation sites (tertiary alicyclic amines) is 1. The molecule has 1 amide bonds. The van der Waals surface area contributed by atoms with Crippen molar-refractivity contribution in [3.63, 3.8) is 0 Å². The Labute approximate surface area is 201 Å². The fourth-order valence-electron chi connectivity index (χ4n) is 4.33. The lowest BCUT2D eigenvalue weighted by Gasteiger charge is -2.24. The number of benzene rings is 1. The molecule has 3 aromatic rings. The van der Waals surface area contributed by atoms with Crippen LogP contribution in [0.15, 0.2) is 42.7 Å². The molecule has 1 unspecified atom stereocenters. The Kier molecular flexibility index (Phi) is 7.12. The number of ether oxygens (including phenoxy) is 3. The highest BCUT2D eigenvalue weighted by atomic mass is 16.6. The Morgan fingerprint density at radius 2 is 1.94 bits per heavy atom. The second-order valence-electron chi connectivity index (χ2n) is 9.91. The molecule has 0 saturated carbocycles. The first-order valence-corrected chi connectivity index (χ1v) is 12.0. The van der Waals surface area contributed by atoms with Gasteiger partial charge in [-0.25, -0.2) is 9.78 Å². The number of aryl methyl sites for hydroxylation is 1. The zero-order chi connectivity index (χ0) is 24.3. The van der Waals surface area contributed by atoms with E-state index in [1.165, 1.54) is 5.56 Å². The van der Waals surface area contributed by atoms with Crippen LogP contribution in [-0.4, -0.2) is 45.8 Å². The van der Waals surface area contributed by atoms with Crippen molar-refractivity contribution < 1.29 is 19.0 Å². The summed E-state index contributed by atoms with van der Waals surface area (Å²) >= 11 is 0. The normalized spacial score (nSPS) is 16.3. The third kappa shape index (κ3) is 5.53. The molecule has 0 bridgehead atoms. The predicted octanol–water partition coefficient (Wildman–Crippen LogP) is 6.25. The van der Waals surface area contributed by atoms with Crippen LogP contribution in [0, 0.1) is 6.92 Å². The van der Waals surface area contributed by atoms with Crippen molar-refractivity contribution in [2.24, 2.45) is 0 Å². The molecule has 3 heterocycles. The van der Waals surface area contributed by atoms with E-state index in [1.807, 2.05) is 43.5 Å². The minimum absolute atomic E-state index is 0.237. The molecule has 7 nitrogen and oxygen atoms in total. The number of rotatable bonds is 7. The van der Waals surface area contributed by atoms with Gasteiger partial charge in [0, 0.05) is 38.0 Å². The molecule has 1 aliphatic rings. The highest BCUT2D eigenvalue weighted by molar-refractivity contribution is 5.87. The monoisotopic (exact) mass is 465 g/mol. The summed E-state index contributed by atoms with van der Waals surface area (Å²) in [5.41, 5.74) is 2.68. The summed E-state index contributed by atoms with van der Waals surface area (Å²) in [6, 6.07) is 10.1. The molecule has 4 rings (SSSR count). The zero-order valence-electron chi connectivity index (χ0n) is 20.8. The molecule has 1 saturated heterocycles. The van der Waals surface area contributed by atoms with Crippen LogP contribution in [0.1, 0.15) is 57.6 Å². The number of hydrogen-bond acceptors (Lipinski definition) is 5. The molecule has 1 atom stereocenters. The van der Waals surface area contributed by atoms with E-state index in [0.29, 0.717) is 25.7 Å². The molecule has 0 aliphatic carbocycles. The summed E-state index contributed by atoms with van der Waals surface area (Å²) in [5.74, 6) is 1.85. The van der Waals surface area contributed by atoms with Gasteiger partial charge in [-0.05, 0) is 69.9 Å². The Balaban J connectivity index is 1.44. The van der Waals surface area contributed by atoms with E-state index in [9.17, 15) is 4.79 Å². The molecule has 1 aliphatic heterocycles. The van der Waals surface area contributed by atoms with Gasteiger partial charge in [0.15, 0.2) is 0 Å². The predicted molar refractivity (Wildman–Crippen MR) is 132 cm³/mol. The van der Waals surface area contributed by atoms with Gasteiger partial charge >= 0.3 is 6.09 Å². The second kappa shape index (κ2) is 10.1. The van der Waals surface area contributed by atoms with Gasteiger partial charge in [0.05, 0.1) is 5.39 Å². The van der Waals surface area contributed by atoms with E-state index in [-0.39, 0.29) is 6.09 Å². The third-order valence-electron chi connectivity index (χ3n) is 5.91. The van der Waals surface area contributed by atoms with Gasteiger partial charge in [0.2, 0.25) is 0 Å². The highest BCUT2D eigenvalue weighted by Gasteiger charge is 2.30. The number of fused-ring (bicyclic) bond motifs is 1. The number of pyridine rings is 1. The summed E-state index contributed by atoms with van der Waals surface area (Å²) in [4.78, 5) is 18.7. The largest absolute Gasteiger partial charge is 0.457 e. The van der Waals surface area contributed by atoms with Crippen LogP contribution in [0.25, 0.3) is 11.0 Å². The fourth-order valence-corrected chi connectivity index (χ4v) is 4.33. The summed E-state index contributed by atoms with van der Waals surface area (Å²) < 4.78 is 19.5. The minimum Gasteiger partial charge on any atom is -0.457 e. The van der Waals surface area contributed by atoms with Crippen molar-refractivity contribution in [1.29, 1.82) is 0 Å². The van der Waals surface area contributed by atoms with Gasteiger partial charge in [-0.3, -0.25) is 0 Å². The lowest BCUT2D eigenvalue weighted by molar-refractivity contribution is 0.0292. The number of carbonyl (C=O) groups is 1. The zero-order valence-corrected chi connectivity index (χ0v) is 20.8. The minimum atomic E-state index is -0.478. The first-order valence-electron chi connectivity index (χ1n) is 12.0. The lowest BCUT2D eigenvalue weighted by Crippen LogP contribution is -2.35. The van der Waals surface area contributed by atoms with Gasteiger partial charge in [-0.2, -0.15) is 0 Å². The fraction of sp³-hybridized carbons (Fsp3) is 0.481. The van der Waals surface area contributed by atoms with Crippen molar-refractivity contribution in [2.45, 2.75) is 65.7 Å². The highest BCUT2D eigenvalue weighted by Crippen LogP contribution is 2.34. The van der Waals surface area contributed by atoms with E-state index >= 15 is 0 Å². The summed E-state index contributed by atoms with van der Waals surface area (Å²) in [7, 11) is 0. The van der Waals surface area contributed by atoms with Crippen molar-refractivity contribution >= 4 is 17.1 Å². The summed E-state index contributed by atoms with van der Waals surface area (Å²) in [6.07, 6.45) is 5.50. The SMILES string of the molecule is CCCOCn1cc(C)c2c(Oc3ccc(C4CCN(C(=O)OC(C)(C)C)C4)cc3)ccnc21. The van der Waals surface area contributed by atoms with E-state index in [4.69, 9.17) is 14.2 Å². The summed E-state index contributed by atoms with van der Waals surface area (Å²) in [5, 5.41) is 0.996. The van der Waals surface area contributed by atoms with Crippen LogP contribution in [0.2, 0.25) is 0 Å². The van der Waals surface area contributed by atoms with Crippen molar-refractivity contribution in [3.05, 3.63) is 53.9 Å². The third-order valence-corrected chi connectivity index (χ3v) is 5.91. The van der Waals surface area contributed by atoms with Crippen molar-refractivity contribution in [1.82, 2.24) is 14.5 Å². The molecule has 2 aromatic heterocycles. The molecular weight excluding hydrogens is 430 g/mol. The van der Waals surface area contributed by atoms with Gasteiger partial charge in [0.1, 0.15) is 29.5 Å². The van der Waals surface area contributed by atoms with Crippen LogP contribution in [-0.2, 0) is 16.2 Å². The average molecular weight is 466 g/mol. The van der Waals surface area contributed by atoms with Crippen molar-refractivity contribution in [3.8, 4) is 11.5 Å². The standard InChI is InChI=1S/C27H35N3O4/c1-6-15-32-18-30-16-19(2)24-23(11-13-28-25(24)30)33-22-9-7-20(8-10-22)21-12-14-29(17-21)26(31)34-27(3,4)5/h7-11,13,16,21H,6,12,14-15,17-18H2,1-5H3. The topological polar surface area (TPSA) is 65.8 Å². The molecule has 1 aromatic carbocycles. The maximum Gasteiger partial charge on any atom is 0.410 e. The number of amides is 1. The molecule has 182 valence electrons. The molecule has 34 heavy (non-hydrogen) atoms. The Bertz CT molecular complexity index is 1130. The lowest BCUT2D eigenvalue weighted by atomic mass is 9.98. The molecular formula is C27H35N3O4. The second-order valence-corrected chi connectivity index (χ2v) is 9.91. The number of carbonyl (C=O) groups excluding carboxylic acids is 1. The van der Waals surface area contributed by atoms with Gasteiger partial charge in [-0.15, -0.1) is 0 Å². The van der Waals surface area contributed by atoms with Crippen LogP contribution in [0.3, 0.4) is 0 Å². The molecule has 0 radical (unpaired) electrons. The van der Waals surface area contributed by atoms with Gasteiger partial charge < -0.3 is 23.7 Å². The molecule has 0 spiro atoms. The first-order chi connectivity index (χ1) is 16.2. The molecule has 0 N–H and O–H groups in total. The maximum absolute atomic E-state index is 12.4. The van der Waals surface area contributed by atoms with E-state index in [1.54, 1.807) is 11.1 Å². The first kappa shape index (κ1) is 24.1. The number of hydrogen-bond donors (Lipinski definition) is 0. The van der Waals surface area contributed by atoms with Crippen molar-refractivity contribution in [2.75, 3.05) is 19.7 Å². The van der Waals surface area contributed by atoms with E-state index in [0.717, 1.165) is 47.5 Å². The quantitative estimate of drug-likeness (QED) is 0.386. The summed E-state index contributed by atoms with van der Waals surface area (Å²) in [6.45, 7) is 12.4. The Morgan fingerprint density at radius 1 is 1.18 bits per heavy atom. The number of nitrogens with zero attached hydrogens (tertiary/aromatic N) is 3. The van der Waals surface area contributed by atoms with Gasteiger partial charge in [-0.1, -0.05) is 19.1 Å². The molecule has 1 fully saturated rings. The Hall–Kier alpha value is -3.06. The van der Waals surface area contributed by atoms with Crippen LogP contribution in [0.4, 0.5) is 4.79 Å². The van der Waals surface area contributed by atoms with Crippen LogP contribution in [0.5, 0.6) is 11.5 Å². The Morgan fingerprint density at radius 3 is 2.65 bits per heavy atom. The van der Waals surface area contributed by atoms with E-state index in [2.05, 4.69) is 37.2 Å². The number of aromatic nitrogens is 2. The average Bonchev–Trinajstić information content (AvgIpc) is 3.40. The van der Waals surface area contributed by atoms with Gasteiger partial charge in [0.25, 0.3) is 0 Å². The molecule has 7 heteroatoms.